The fraction of sp³-hybridized carbons (Fsp3) is 0.588. The van der Waals surface area contributed by atoms with E-state index in [1.54, 1.807) is 0 Å². The monoisotopic (exact) mass is 306 g/mol. The highest BCUT2D eigenvalue weighted by molar-refractivity contribution is 7.80. The van der Waals surface area contributed by atoms with Crippen molar-refractivity contribution in [1.29, 1.82) is 0 Å². The predicted molar refractivity (Wildman–Crippen MR) is 92.7 cm³/mol. The van der Waals surface area contributed by atoms with E-state index >= 15 is 0 Å². The van der Waals surface area contributed by atoms with Gasteiger partial charge < -0.3 is 15.3 Å². The molecule has 4 heteroatoms. The Balaban J connectivity index is 1.87. The Morgan fingerprint density at radius 2 is 2.14 bits per heavy atom. The van der Waals surface area contributed by atoms with E-state index in [1.807, 2.05) is 0 Å². The van der Waals surface area contributed by atoms with Gasteiger partial charge in [-0.3, -0.25) is 0 Å². The Labute approximate surface area is 133 Å². The third-order valence-electron chi connectivity index (χ3n) is 4.09. The normalized spacial score (nSPS) is 18.6. The third-order valence-corrected chi connectivity index (χ3v) is 4.45. The van der Waals surface area contributed by atoms with Gasteiger partial charge in [-0.05, 0) is 61.5 Å². The summed E-state index contributed by atoms with van der Waals surface area (Å²) < 4.78 is 0. The number of benzene rings is 1. The first kappa shape index (κ1) is 16.2. The van der Waals surface area contributed by atoms with Gasteiger partial charge in [0.05, 0.1) is 0 Å². The van der Waals surface area contributed by atoms with Gasteiger partial charge in [-0.1, -0.05) is 25.5 Å². The second-order valence-corrected chi connectivity index (χ2v) is 6.25. The molecule has 2 N–H and O–H groups in total. The number of anilines is 1. The molecular formula is C17H26N2OS. The van der Waals surface area contributed by atoms with Crippen LogP contribution in [-0.2, 0) is 6.42 Å². The van der Waals surface area contributed by atoms with Gasteiger partial charge in [0, 0.05) is 25.4 Å². The van der Waals surface area contributed by atoms with Gasteiger partial charge in [0.15, 0.2) is 5.11 Å². The van der Waals surface area contributed by atoms with E-state index in [4.69, 9.17) is 12.2 Å². The molecule has 1 aromatic carbocycles. The second-order valence-electron chi connectivity index (χ2n) is 5.87. The molecule has 116 valence electrons. The topological polar surface area (TPSA) is 35.5 Å². The molecule has 2 rings (SSSR count). The van der Waals surface area contributed by atoms with E-state index in [-0.39, 0.29) is 6.61 Å². The van der Waals surface area contributed by atoms with E-state index in [9.17, 15) is 5.11 Å². The minimum atomic E-state index is 0.255. The van der Waals surface area contributed by atoms with Crippen molar-refractivity contribution in [3.8, 4) is 0 Å². The number of likely N-dealkylation sites (tertiary alicyclic amines) is 1. The number of nitrogens with zero attached hydrogens (tertiary/aromatic N) is 1. The molecule has 0 spiro atoms. The number of rotatable bonds is 5. The lowest BCUT2D eigenvalue weighted by molar-refractivity contribution is 0.162. The van der Waals surface area contributed by atoms with E-state index in [0.717, 1.165) is 43.2 Å². The number of aryl methyl sites for hydroxylation is 1. The summed E-state index contributed by atoms with van der Waals surface area (Å²) >= 11 is 5.49. The number of aliphatic hydroxyl groups excluding tert-OH is 1. The number of unbranched alkanes of at least 4 members (excludes halogenated alkanes) is 1. The van der Waals surface area contributed by atoms with Gasteiger partial charge in [0.25, 0.3) is 0 Å². The molecule has 21 heavy (non-hydrogen) atoms. The van der Waals surface area contributed by atoms with Gasteiger partial charge in [0.1, 0.15) is 0 Å². The number of aliphatic hydroxyl groups is 1. The SMILES string of the molecule is CCCCc1ccc(NC(=S)N2CCC[C@H](CO)C2)cc1. The average Bonchev–Trinajstić information content (AvgIpc) is 2.54. The van der Waals surface area contributed by atoms with Crippen LogP contribution in [0.15, 0.2) is 24.3 Å². The molecule has 0 aromatic heterocycles. The predicted octanol–water partition coefficient (Wildman–Crippen LogP) is 3.43. The number of hydrogen-bond donors (Lipinski definition) is 2. The first-order valence-corrected chi connectivity index (χ1v) is 8.39. The summed E-state index contributed by atoms with van der Waals surface area (Å²) in [6.45, 7) is 4.31. The number of hydrogen-bond acceptors (Lipinski definition) is 2. The van der Waals surface area contributed by atoms with Gasteiger partial charge in [-0.2, -0.15) is 0 Å². The van der Waals surface area contributed by atoms with Gasteiger partial charge in [-0.25, -0.2) is 0 Å². The van der Waals surface area contributed by atoms with Crippen molar-refractivity contribution < 1.29 is 5.11 Å². The molecule has 0 amide bonds. The average molecular weight is 306 g/mol. The fourth-order valence-corrected chi connectivity index (χ4v) is 3.02. The number of piperidine rings is 1. The van der Waals surface area contributed by atoms with Crippen LogP contribution < -0.4 is 5.32 Å². The zero-order chi connectivity index (χ0) is 15.1. The van der Waals surface area contributed by atoms with Crippen LogP contribution in [0.5, 0.6) is 0 Å². The molecule has 1 aliphatic rings. The molecule has 0 aliphatic carbocycles. The summed E-state index contributed by atoms with van der Waals surface area (Å²) in [5.74, 6) is 0.356. The summed E-state index contributed by atoms with van der Waals surface area (Å²) in [4.78, 5) is 2.17. The quantitative estimate of drug-likeness (QED) is 0.817. The molecule has 1 saturated heterocycles. The van der Waals surface area contributed by atoms with Crippen molar-refractivity contribution in [3.05, 3.63) is 29.8 Å². The molecule has 3 nitrogen and oxygen atoms in total. The van der Waals surface area contributed by atoms with E-state index < -0.39 is 0 Å². The van der Waals surface area contributed by atoms with Gasteiger partial charge in [-0.15, -0.1) is 0 Å². The van der Waals surface area contributed by atoms with Crippen molar-refractivity contribution in [2.45, 2.75) is 39.0 Å². The van der Waals surface area contributed by atoms with Crippen molar-refractivity contribution in [2.75, 3.05) is 25.0 Å². The van der Waals surface area contributed by atoms with Crippen LogP contribution >= 0.6 is 12.2 Å². The molecule has 1 heterocycles. The summed E-state index contributed by atoms with van der Waals surface area (Å²) in [5.41, 5.74) is 2.43. The van der Waals surface area contributed by atoms with Gasteiger partial charge >= 0.3 is 0 Å². The van der Waals surface area contributed by atoms with Crippen LogP contribution in [-0.4, -0.2) is 34.8 Å². The molecule has 1 aromatic rings. The van der Waals surface area contributed by atoms with Crippen molar-refractivity contribution in [2.24, 2.45) is 5.92 Å². The Hall–Kier alpha value is -1.13. The van der Waals surface area contributed by atoms with Crippen LogP contribution in [0.3, 0.4) is 0 Å². The first-order valence-electron chi connectivity index (χ1n) is 7.98. The van der Waals surface area contributed by atoms with E-state index in [2.05, 4.69) is 41.4 Å². The zero-order valence-electron chi connectivity index (χ0n) is 12.8. The Morgan fingerprint density at radius 1 is 1.38 bits per heavy atom. The second kappa shape index (κ2) is 8.35. The summed E-state index contributed by atoms with van der Waals surface area (Å²) in [6.07, 6.45) is 5.81. The lowest BCUT2D eigenvalue weighted by atomic mass is 9.99. The van der Waals surface area contributed by atoms with Crippen molar-refractivity contribution in [1.82, 2.24) is 4.90 Å². The zero-order valence-corrected chi connectivity index (χ0v) is 13.7. The van der Waals surface area contributed by atoms with E-state index in [1.165, 1.54) is 18.4 Å². The minimum absolute atomic E-state index is 0.255. The molecule has 1 aliphatic heterocycles. The number of thiocarbonyl (C=S) groups is 1. The lowest BCUT2D eigenvalue weighted by Crippen LogP contribution is -2.43. The van der Waals surface area contributed by atoms with Crippen LogP contribution in [0, 0.1) is 5.92 Å². The van der Waals surface area contributed by atoms with Gasteiger partial charge in [0.2, 0.25) is 0 Å². The maximum atomic E-state index is 9.29. The van der Waals surface area contributed by atoms with Crippen LogP contribution in [0.25, 0.3) is 0 Å². The molecule has 0 unspecified atom stereocenters. The molecular weight excluding hydrogens is 280 g/mol. The molecule has 0 saturated carbocycles. The maximum absolute atomic E-state index is 9.29. The lowest BCUT2D eigenvalue weighted by Gasteiger charge is -2.33. The van der Waals surface area contributed by atoms with Crippen molar-refractivity contribution in [3.63, 3.8) is 0 Å². The third kappa shape index (κ3) is 4.97. The van der Waals surface area contributed by atoms with Crippen LogP contribution in [0.2, 0.25) is 0 Å². The fourth-order valence-electron chi connectivity index (χ4n) is 2.74. The molecule has 1 fully saturated rings. The van der Waals surface area contributed by atoms with Crippen LogP contribution in [0.1, 0.15) is 38.2 Å². The minimum Gasteiger partial charge on any atom is -0.396 e. The molecule has 0 radical (unpaired) electrons. The van der Waals surface area contributed by atoms with E-state index in [0.29, 0.717) is 5.92 Å². The number of nitrogens with one attached hydrogen (secondary N) is 1. The standard InChI is InChI=1S/C17H26N2OS/c1-2-3-5-14-7-9-16(10-8-14)18-17(21)19-11-4-6-15(12-19)13-20/h7-10,15,20H,2-6,11-13H2,1H3,(H,18,21)/t15-/m0/s1. The highest BCUT2D eigenvalue weighted by Crippen LogP contribution is 2.18. The smallest absolute Gasteiger partial charge is 0.173 e. The first-order chi connectivity index (χ1) is 10.2. The summed E-state index contributed by atoms with van der Waals surface area (Å²) in [6, 6.07) is 8.55. The Kier molecular flexibility index (Phi) is 6.46. The van der Waals surface area contributed by atoms with Crippen molar-refractivity contribution >= 4 is 23.0 Å². The summed E-state index contributed by atoms with van der Waals surface area (Å²) in [7, 11) is 0. The molecule has 1 atom stereocenters. The van der Waals surface area contributed by atoms with Crippen LogP contribution in [0.4, 0.5) is 5.69 Å². The molecule has 0 bridgehead atoms. The highest BCUT2D eigenvalue weighted by Gasteiger charge is 2.20. The maximum Gasteiger partial charge on any atom is 0.173 e. The Bertz CT molecular complexity index is 447. The summed E-state index contributed by atoms with van der Waals surface area (Å²) in [5, 5.41) is 13.4. The highest BCUT2D eigenvalue weighted by atomic mass is 32.1. The largest absolute Gasteiger partial charge is 0.396 e. The Morgan fingerprint density at radius 3 is 2.81 bits per heavy atom.